The van der Waals surface area contributed by atoms with Crippen molar-refractivity contribution in [3.8, 4) is 6.07 Å². The number of hydrogen-bond donors (Lipinski definition) is 1. The van der Waals surface area contributed by atoms with Gasteiger partial charge in [0.25, 0.3) is 0 Å². The lowest BCUT2D eigenvalue weighted by Gasteiger charge is -2.43. The normalized spacial score (nSPS) is 25.4. The molecular formula is C18H23N7O. The second-order valence-electron chi connectivity index (χ2n) is 7.17. The Morgan fingerprint density at radius 3 is 2.38 bits per heavy atom. The summed E-state index contributed by atoms with van der Waals surface area (Å²) in [6, 6.07) is 4.01. The van der Waals surface area contributed by atoms with Crippen LogP contribution in [0.15, 0.2) is 23.5 Å². The van der Waals surface area contributed by atoms with Gasteiger partial charge in [-0.2, -0.15) is 5.26 Å². The van der Waals surface area contributed by atoms with Gasteiger partial charge < -0.3 is 9.80 Å². The van der Waals surface area contributed by atoms with E-state index in [9.17, 15) is 10.1 Å². The molecule has 2 fully saturated rings. The van der Waals surface area contributed by atoms with E-state index in [4.69, 9.17) is 4.99 Å². The van der Waals surface area contributed by atoms with Crippen LogP contribution < -0.4 is 10.2 Å². The van der Waals surface area contributed by atoms with Crippen molar-refractivity contribution >= 4 is 17.8 Å². The molecule has 1 saturated carbocycles. The van der Waals surface area contributed by atoms with Crippen molar-refractivity contribution in [2.75, 3.05) is 31.1 Å². The Bertz CT molecular complexity index is 728. The largest absolute Gasteiger partial charge is 0.339 e. The summed E-state index contributed by atoms with van der Waals surface area (Å²) < 4.78 is 0. The van der Waals surface area contributed by atoms with Crippen LogP contribution in [0.5, 0.6) is 0 Å². The minimum Gasteiger partial charge on any atom is -0.339 e. The van der Waals surface area contributed by atoms with Gasteiger partial charge in [0.15, 0.2) is 5.92 Å². The van der Waals surface area contributed by atoms with E-state index in [0.717, 1.165) is 64.2 Å². The molecule has 0 bridgehead atoms. The quantitative estimate of drug-likeness (QED) is 0.806. The molecule has 1 N–H and O–H groups in total. The molecule has 1 aromatic heterocycles. The second kappa shape index (κ2) is 6.90. The van der Waals surface area contributed by atoms with Crippen molar-refractivity contribution in [3.63, 3.8) is 0 Å². The fourth-order valence-corrected chi connectivity index (χ4v) is 4.20. The summed E-state index contributed by atoms with van der Waals surface area (Å²) in [6.07, 6.45) is 8.34. The van der Waals surface area contributed by atoms with E-state index >= 15 is 0 Å². The number of piperazine rings is 1. The van der Waals surface area contributed by atoms with E-state index in [-0.39, 0.29) is 5.91 Å². The van der Waals surface area contributed by atoms with E-state index in [1.165, 1.54) is 0 Å². The van der Waals surface area contributed by atoms with Crippen LogP contribution in [0.1, 0.15) is 32.1 Å². The average molecular weight is 353 g/mol. The number of aliphatic imine (C=N–C) groups is 1. The maximum Gasteiger partial charge on any atom is 0.246 e. The predicted octanol–water partition coefficient (Wildman–Crippen LogP) is 0.927. The molecule has 0 unspecified atom stereocenters. The Labute approximate surface area is 152 Å². The minimum absolute atomic E-state index is 0.201. The lowest BCUT2D eigenvalue weighted by molar-refractivity contribution is -0.125. The van der Waals surface area contributed by atoms with Crippen LogP contribution in [0.25, 0.3) is 0 Å². The first kappa shape index (κ1) is 16.8. The van der Waals surface area contributed by atoms with E-state index in [1.54, 1.807) is 18.5 Å². The van der Waals surface area contributed by atoms with Crippen LogP contribution in [0.3, 0.4) is 0 Å². The summed E-state index contributed by atoms with van der Waals surface area (Å²) >= 11 is 0. The average Bonchev–Trinajstić information content (AvgIpc) is 2.69. The van der Waals surface area contributed by atoms with Gasteiger partial charge in [-0.25, -0.2) is 15.0 Å². The highest BCUT2D eigenvalue weighted by atomic mass is 16.2. The Morgan fingerprint density at radius 1 is 1.08 bits per heavy atom. The highest BCUT2D eigenvalue weighted by Gasteiger charge is 2.48. The predicted molar refractivity (Wildman–Crippen MR) is 96.3 cm³/mol. The third kappa shape index (κ3) is 2.98. The zero-order valence-corrected chi connectivity index (χ0v) is 14.8. The molecule has 8 nitrogen and oxygen atoms in total. The first-order valence-electron chi connectivity index (χ1n) is 9.29. The maximum atomic E-state index is 12.6. The van der Waals surface area contributed by atoms with Gasteiger partial charge in [-0.15, -0.1) is 0 Å². The van der Waals surface area contributed by atoms with Crippen LogP contribution in [0.2, 0.25) is 0 Å². The molecule has 1 atom stereocenters. The SMILES string of the molecule is N#C[C@H]1C(=O)NC(N2CCN(c3ncccn3)CC2)=NC12CCCCC2. The van der Waals surface area contributed by atoms with Gasteiger partial charge in [0.1, 0.15) is 0 Å². The van der Waals surface area contributed by atoms with Gasteiger partial charge in [-0.05, 0) is 18.9 Å². The molecule has 1 saturated heterocycles. The molecule has 1 aliphatic carbocycles. The van der Waals surface area contributed by atoms with E-state index in [0.29, 0.717) is 5.96 Å². The number of nitrogens with zero attached hydrogens (tertiary/aromatic N) is 6. The Balaban J connectivity index is 1.51. The Morgan fingerprint density at radius 2 is 1.73 bits per heavy atom. The number of carbonyl (C=O) groups excluding carboxylic acids is 1. The van der Waals surface area contributed by atoms with Crippen LogP contribution in [-0.4, -0.2) is 58.5 Å². The summed E-state index contributed by atoms with van der Waals surface area (Å²) in [4.78, 5) is 30.4. The zero-order chi connectivity index (χ0) is 18.0. The number of carbonyl (C=O) groups is 1. The standard InChI is InChI=1S/C18H23N7O/c19-13-14-15(26)22-17(23-18(14)5-2-1-3-6-18)25-11-9-24(10-12-25)16-20-7-4-8-21-16/h4,7-8,14H,1-3,5-6,9-12H2,(H,22,23,26)/t14-/m0/s1. The number of hydrogen-bond acceptors (Lipinski definition) is 7. The van der Waals surface area contributed by atoms with Crippen LogP contribution in [0, 0.1) is 17.2 Å². The van der Waals surface area contributed by atoms with E-state index in [1.807, 2.05) is 0 Å². The fourth-order valence-electron chi connectivity index (χ4n) is 4.20. The molecule has 0 aromatic carbocycles. The third-order valence-electron chi connectivity index (χ3n) is 5.63. The number of nitriles is 1. The number of nitrogens with one attached hydrogen (secondary N) is 1. The molecule has 1 aromatic rings. The van der Waals surface area contributed by atoms with Crippen molar-refractivity contribution in [3.05, 3.63) is 18.5 Å². The van der Waals surface area contributed by atoms with Gasteiger partial charge in [0.05, 0.1) is 11.6 Å². The van der Waals surface area contributed by atoms with Crippen LogP contribution in [-0.2, 0) is 4.79 Å². The molecule has 136 valence electrons. The van der Waals surface area contributed by atoms with E-state index < -0.39 is 11.5 Å². The maximum absolute atomic E-state index is 12.6. The first-order chi connectivity index (χ1) is 12.7. The molecule has 3 heterocycles. The monoisotopic (exact) mass is 353 g/mol. The Kier molecular flexibility index (Phi) is 4.45. The van der Waals surface area contributed by atoms with Gasteiger partial charge in [-0.3, -0.25) is 10.1 Å². The smallest absolute Gasteiger partial charge is 0.246 e. The third-order valence-corrected chi connectivity index (χ3v) is 5.63. The van der Waals surface area contributed by atoms with Crippen molar-refractivity contribution in [1.29, 1.82) is 5.26 Å². The molecule has 1 amide bonds. The number of anilines is 1. The fraction of sp³-hybridized carbons (Fsp3) is 0.611. The lowest BCUT2D eigenvalue weighted by Crippen LogP contribution is -2.60. The van der Waals surface area contributed by atoms with Gasteiger partial charge in [-0.1, -0.05) is 19.3 Å². The van der Waals surface area contributed by atoms with Gasteiger partial charge in [0, 0.05) is 38.6 Å². The lowest BCUT2D eigenvalue weighted by atomic mass is 9.72. The summed E-state index contributed by atoms with van der Waals surface area (Å²) in [5.41, 5.74) is -0.537. The molecule has 1 spiro atoms. The highest BCUT2D eigenvalue weighted by molar-refractivity contribution is 6.02. The highest BCUT2D eigenvalue weighted by Crippen LogP contribution is 2.39. The van der Waals surface area contributed by atoms with Gasteiger partial charge in [0.2, 0.25) is 17.8 Å². The zero-order valence-electron chi connectivity index (χ0n) is 14.8. The summed E-state index contributed by atoms with van der Waals surface area (Å²) in [5, 5.41) is 12.4. The summed E-state index contributed by atoms with van der Waals surface area (Å²) in [7, 11) is 0. The topological polar surface area (TPSA) is 97.5 Å². The van der Waals surface area contributed by atoms with Crippen molar-refractivity contribution in [2.45, 2.75) is 37.6 Å². The number of rotatable bonds is 1. The molecular weight excluding hydrogens is 330 g/mol. The van der Waals surface area contributed by atoms with E-state index in [2.05, 4.69) is 31.2 Å². The van der Waals surface area contributed by atoms with Crippen molar-refractivity contribution in [1.82, 2.24) is 20.2 Å². The summed E-state index contributed by atoms with van der Waals surface area (Å²) in [6.45, 7) is 3.02. The number of amides is 1. The number of guanidine groups is 1. The first-order valence-corrected chi connectivity index (χ1v) is 9.29. The van der Waals surface area contributed by atoms with Crippen LogP contribution >= 0.6 is 0 Å². The number of aromatic nitrogens is 2. The van der Waals surface area contributed by atoms with Crippen molar-refractivity contribution in [2.24, 2.45) is 10.9 Å². The Hall–Kier alpha value is -2.69. The van der Waals surface area contributed by atoms with Crippen molar-refractivity contribution < 1.29 is 4.79 Å². The molecule has 0 radical (unpaired) electrons. The summed E-state index contributed by atoms with van der Waals surface area (Å²) in [5.74, 6) is 0.492. The second-order valence-corrected chi connectivity index (χ2v) is 7.17. The molecule has 26 heavy (non-hydrogen) atoms. The van der Waals surface area contributed by atoms with Gasteiger partial charge >= 0.3 is 0 Å². The molecule has 8 heteroatoms. The minimum atomic E-state index is -0.675. The van der Waals surface area contributed by atoms with Crippen LogP contribution in [0.4, 0.5) is 5.95 Å². The molecule has 4 rings (SSSR count). The molecule has 3 aliphatic rings. The molecule has 2 aliphatic heterocycles.